The molecule has 97 heavy (non-hydrogen) atoms. The van der Waals surface area contributed by atoms with Crippen molar-refractivity contribution in [2.75, 3.05) is 54.2 Å². The van der Waals surface area contributed by atoms with Crippen LogP contribution in [0.1, 0.15) is 111 Å². The fourth-order valence-electron chi connectivity index (χ4n) is 9.96. The maximum absolute atomic E-state index is 12.9. The van der Waals surface area contributed by atoms with Crippen LogP contribution in [0, 0.1) is 11.8 Å². The largest absolute Gasteiger partial charge is 1.00 e. The summed E-state index contributed by atoms with van der Waals surface area (Å²) >= 11 is 0. The van der Waals surface area contributed by atoms with E-state index >= 15 is 0 Å². The van der Waals surface area contributed by atoms with Gasteiger partial charge >= 0.3 is 41.5 Å². The Kier molecular flexibility index (Phi) is 26.9. The number of pyridine rings is 2. The molecule has 13 rings (SSSR count). The number of carbonyl (C=O) groups excluding carboxylic acids is 5. The minimum Gasteiger partial charge on any atom is -0.553 e. The van der Waals surface area contributed by atoms with E-state index in [4.69, 9.17) is 26.3 Å². The number of ether oxygens (including phenoxy) is 2. The molecule has 2 aliphatic rings. The SMILES string of the molecule is C1CCOC1.CC(C)CN.CC(C)CNC(=O)c1cc2cc[nH]c2cc1NC(=O)c1c[nH]c2ccccc2c1=O.CCOC(=O)c1cc2cc[nH]c2cc1NC(=O)C1=CNc2ccccc2C1O.O=C(O)c1cc2cc[nH]c2cc1NC(=O)c1c[nH]c2ccccc2c1=O.[NH-]O.[Na+]. The first-order chi connectivity index (χ1) is 46.3. The molecule has 5 aromatic heterocycles. The summed E-state index contributed by atoms with van der Waals surface area (Å²) in [7, 11) is 0. The third-order valence-electron chi connectivity index (χ3n) is 15.0. The van der Waals surface area contributed by atoms with E-state index in [9.17, 15) is 48.6 Å². The molecule has 0 radical (unpaired) electrons. The van der Waals surface area contributed by atoms with Crippen molar-refractivity contribution in [1.29, 1.82) is 0 Å². The molecule has 1 fully saturated rings. The Morgan fingerprint density at radius 3 is 1.48 bits per heavy atom. The van der Waals surface area contributed by atoms with Crippen molar-refractivity contribution in [3.63, 3.8) is 0 Å². The molecule has 0 spiro atoms. The van der Waals surface area contributed by atoms with Crippen LogP contribution >= 0.6 is 0 Å². The van der Waals surface area contributed by atoms with Gasteiger partial charge in [0.15, 0.2) is 0 Å². The zero-order valence-electron chi connectivity index (χ0n) is 54.3. The van der Waals surface area contributed by atoms with Gasteiger partial charge in [-0.3, -0.25) is 28.8 Å². The number of esters is 1. The second kappa shape index (κ2) is 35.3. The van der Waals surface area contributed by atoms with Crippen LogP contribution < -0.4 is 72.7 Å². The van der Waals surface area contributed by atoms with Crippen LogP contribution in [0.4, 0.5) is 22.7 Å². The molecule has 25 nitrogen and oxygen atoms in total. The molecule has 1 unspecified atom stereocenters. The minimum absolute atomic E-state index is 0. The number of aliphatic hydroxyl groups excluding tert-OH is 1. The van der Waals surface area contributed by atoms with Crippen molar-refractivity contribution in [3.05, 3.63) is 230 Å². The molecule has 1 saturated heterocycles. The number of nitrogens with one attached hydrogen (secondary N) is 11. The van der Waals surface area contributed by atoms with Gasteiger partial charge in [0.1, 0.15) is 17.2 Å². The van der Waals surface area contributed by atoms with Crippen molar-refractivity contribution in [3.8, 4) is 0 Å². The molecule has 4 amide bonds. The number of carboxylic acid groups (broad SMARTS) is 1. The number of benzene rings is 6. The van der Waals surface area contributed by atoms with Gasteiger partial charge in [0.2, 0.25) is 10.9 Å². The smallest absolute Gasteiger partial charge is 0.553 e. The zero-order chi connectivity index (χ0) is 69.0. The van der Waals surface area contributed by atoms with Crippen molar-refractivity contribution < 1.29 is 83.2 Å². The second-order valence-electron chi connectivity index (χ2n) is 22.7. The number of hydrogen-bond acceptors (Lipinski definition) is 14. The van der Waals surface area contributed by atoms with E-state index in [1.807, 2.05) is 44.2 Å². The molecule has 1 atom stereocenters. The van der Waals surface area contributed by atoms with Crippen LogP contribution in [-0.2, 0) is 14.3 Å². The number of amides is 4. The van der Waals surface area contributed by atoms with Crippen LogP contribution in [0.5, 0.6) is 0 Å². The maximum Gasteiger partial charge on any atom is 1.00 e. The van der Waals surface area contributed by atoms with Crippen LogP contribution in [-0.4, -0.2) is 109 Å². The van der Waals surface area contributed by atoms with E-state index in [0.29, 0.717) is 73.6 Å². The van der Waals surface area contributed by atoms with E-state index in [2.05, 4.69) is 65.4 Å². The van der Waals surface area contributed by atoms with Gasteiger partial charge in [0.05, 0.1) is 45.9 Å². The average Bonchev–Trinajstić information content (AvgIpc) is 1.03. The summed E-state index contributed by atoms with van der Waals surface area (Å²) in [6.07, 6.45) is 10.9. The fourth-order valence-corrected chi connectivity index (χ4v) is 9.96. The Labute approximate surface area is 578 Å². The number of carbonyl (C=O) groups is 6. The van der Waals surface area contributed by atoms with Gasteiger partial charge in [-0.15, -0.1) is 0 Å². The molecular weight excluding hydrogens is 1250 g/mol. The minimum atomic E-state index is -1.17. The monoisotopic (exact) mass is 1330 g/mol. The predicted molar refractivity (Wildman–Crippen MR) is 372 cm³/mol. The number of aromatic carboxylic acids is 1. The number of anilines is 4. The fraction of sp³-hybridized carbons (Fsp3) is 0.211. The third kappa shape index (κ3) is 18.7. The number of aliphatic hydroxyl groups is 1. The van der Waals surface area contributed by atoms with E-state index in [0.717, 1.165) is 47.3 Å². The van der Waals surface area contributed by atoms with E-state index in [-0.39, 0.29) is 81.0 Å². The summed E-state index contributed by atoms with van der Waals surface area (Å²) in [4.78, 5) is 115. The third-order valence-corrected chi connectivity index (χ3v) is 15.0. The molecule has 0 saturated carbocycles. The van der Waals surface area contributed by atoms with Crippen LogP contribution in [0.25, 0.3) is 60.4 Å². The molecular formula is C71H75N12NaO13. The summed E-state index contributed by atoms with van der Waals surface area (Å²) in [5, 5.41) is 43.4. The van der Waals surface area contributed by atoms with Gasteiger partial charge < -0.3 is 88.0 Å². The van der Waals surface area contributed by atoms with Crippen LogP contribution in [0.2, 0.25) is 0 Å². The number of aromatic amines is 5. The van der Waals surface area contributed by atoms with E-state index in [1.54, 1.807) is 110 Å². The summed E-state index contributed by atoms with van der Waals surface area (Å²) in [5.41, 5.74) is 10.6. The molecule has 16 N–H and O–H groups in total. The number of H-pyrrole nitrogens is 5. The van der Waals surface area contributed by atoms with E-state index < -0.39 is 41.2 Å². The van der Waals surface area contributed by atoms with Gasteiger partial charge in [-0.2, -0.15) is 0 Å². The van der Waals surface area contributed by atoms with Gasteiger partial charge in [0, 0.05) is 123 Å². The normalized spacial score (nSPS) is 12.6. The van der Waals surface area contributed by atoms with Crippen molar-refractivity contribution in [2.24, 2.45) is 17.6 Å². The average molecular weight is 1330 g/mol. The zero-order valence-corrected chi connectivity index (χ0v) is 56.3. The first kappa shape index (κ1) is 73.9. The summed E-state index contributed by atoms with van der Waals surface area (Å²) in [6.45, 7) is 13.5. The predicted octanol–water partition coefficient (Wildman–Crippen LogP) is 8.76. The second-order valence-corrected chi connectivity index (χ2v) is 22.7. The number of fused-ring (bicyclic) bond motifs is 6. The Bertz CT molecular complexity index is 4750. The molecule has 2 aliphatic heterocycles. The number of carboxylic acids is 1. The quantitative estimate of drug-likeness (QED) is 0.0291. The van der Waals surface area contributed by atoms with Gasteiger partial charge in [-0.25, -0.2) is 9.59 Å². The standard InChI is InChI=1S/C23H22N4O3.C21H19N3O4.C19H13N3O4.C4H11N.C4H8O.H2NO.Na/c1-13(2)11-26-22(29)16-9-14-7-8-24-19(14)10-20(16)27-23(30)17-12-25-18-6-4-3-5-15(18)21(17)28;1-2-28-21(27)14-9-12-7-8-22-17(12)10-18(14)24-20(26)15-11-23-16-6-4-3-5-13(16)19(15)25;23-17-11-3-1-2-4-14(11)21-9-13(17)18(24)22-16-8-15-10(5-6-20-15)7-12(16)19(25)26;1-4(2)3-5;1-2-4-5-3-1;1-2;/h3-10,12-13,24H,11H2,1-2H3,(H,25,28)(H,26,29)(H,27,30);3-11,19,22-23,25H,2H2,1H3,(H,24,26);1-9,20H,(H,21,23)(H,22,24)(H,25,26);4H,3,5H2,1-2H3;1-4H2;1-2H;/q;;;;;-1;+1. The maximum atomic E-state index is 12.9. The topological polar surface area (TPSA) is 405 Å². The summed E-state index contributed by atoms with van der Waals surface area (Å²) in [6, 6.07) is 36.2. The Morgan fingerprint density at radius 2 is 1.02 bits per heavy atom. The number of aromatic nitrogens is 5. The van der Waals surface area contributed by atoms with Gasteiger partial charge in [-0.1, -0.05) is 70.2 Å². The number of nitrogens with two attached hydrogens (primary N) is 1. The van der Waals surface area contributed by atoms with Gasteiger partial charge in [-0.05, 0) is 123 Å². The molecule has 0 bridgehead atoms. The van der Waals surface area contributed by atoms with Gasteiger partial charge in [0.25, 0.3) is 23.6 Å². The van der Waals surface area contributed by atoms with Crippen LogP contribution in [0.3, 0.4) is 0 Å². The van der Waals surface area contributed by atoms with Crippen molar-refractivity contribution in [2.45, 2.75) is 53.6 Å². The molecule has 7 heterocycles. The van der Waals surface area contributed by atoms with E-state index in [1.165, 1.54) is 43.6 Å². The Hall–Kier alpha value is -10.5. The first-order valence-corrected chi connectivity index (χ1v) is 30.7. The van der Waals surface area contributed by atoms with Crippen molar-refractivity contribution in [1.82, 2.24) is 30.2 Å². The Balaban J connectivity index is 0.000000188. The number of para-hydroxylation sites is 3. The molecule has 498 valence electrons. The molecule has 11 aromatic rings. The Morgan fingerprint density at radius 1 is 0.577 bits per heavy atom. The first-order valence-electron chi connectivity index (χ1n) is 30.7. The van der Waals surface area contributed by atoms with Crippen molar-refractivity contribution >= 4 is 113 Å². The van der Waals surface area contributed by atoms with Crippen LogP contribution in [0.15, 0.2) is 180 Å². The molecule has 26 heteroatoms. The number of rotatable bonds is 13. The molecule has 0 aliphatic carbocycles. The summed E-state index contributed by atoms with van der Waals surface area (Å²) in [5.74, 6) is 1.96. The summed E-state index contributed by atoms with van der Waals surface area (Å²) < 4.78 is 10.1. The number of hydrogen-bond donors (Lipinski definition) is 14. The molecule has 6 aromatic carbocycles.